The molecule has 0 N–H and O–H groups in total. The fraction of sp³-hybridized carbons (Fsp3) is 0.400. The first kappa shape index (κ1) is 12.3. The van der Waals surface area contributed by atoms with Crippen molar-refractivity contribution in [3.63, 3.8) is 0 Å². The molecule has 1 atom stereocenters. The molecule has 0 radical (unpaired) electrons. The number of nitro benzene ring substituents is 1. The summed E-state index contributed by atoms with van der Waals surface area (Å²) < 4.78 is 0. The lowest BCUT2D eigenvalue weighted by atomic mass is 10.3. The number of hydrogen-bond acceptors (Lipinski definition) is 3. The van der Waals surface area contributed by atoms with Crippen molar-refractivity contribution in [1.29, 1.82) is 0 Å². The second kappa shape index (κ2) is 5.98. The molecule has 3 nitrogen and oxygen atoms in total. The highest BCUT2D eigenvalue weighted by atomic mass is 35.5. The van der Waals surface area contributed by atoms with Gasteiger partial charge in [-0.15, -0.1) is 23.4 Å². The van der Waals surface area contributed by atoms with Crippen molar-refractivity contribution >= 4 is 29.1 Å². The van der Waals surface area contributed by atoms with Crippen LogP contribution in [0.2, 0.25) is 0 Å². The molecule has 15 heavy (non-hydrogen) atoms. The second-order valence-electron chi connectivity index (χ2n) is 3.16. The quantitative estimate of drug-likeness (QED) is 0.344. The molecule has 1 aromatic rings. The first-order chi connectivity index (χ1) is 7.13. The zero-order valence-electron chi connectivity index (χ0n) is 8.35. The smallest absolute Gasteiger partial charge is 0.258 e. The van der Waals surface area contributed by atoms with Gasteiger partial charge in [-0.3, -0.25) is 10.1 Å². The van der Waals surface area contributed by atoms with Crippen LogP contribution in [-0.2, 0) is 0 Å². The normalized spacial score (nSPS) is 12.4. The van der Waals surface area contributed by atoms with Crippen molar-refractivity contribution < 1.29 is 4.92 Å². The van der Waals surface area contributed by atoms with E-state index in [9.17, 15) is 10.1 Å². The van der Waals surface area contributed by atoms with Crippen molar-refractivity contribution in [2.75, 3.05) is 5.88 Å². The maximum Gasteiger partial charge on any atom is 0.270 e. The summed E-state index contributed by atoms with van der Waals surface area (Å²) in [7, 11) is 0. The van der Waals surface area contributed by atoms with Gasteiger partial charge in [0.15, 0.2) is 0 Å². The van der Waals surface area contributed by atoms with Gasteiger partial charge in [-0.1, -0.05) is 13.0 Å². The third-order valence-electron chi connectivity index (χ3n) is 1.88. The highest BCUT2D eigenvalue weighted by molar-refractivity contribution is 7.99. The lowest BCUT2D eigenvalue weighted by molar-refractivity contribution is -0.385. The number of nitrogens with zero attached hydrogens (tertiary/aromatic N) is 1. The van der Waals surface area contributed by atoms with Crippen molar-refractivity contribution in [1.82, 2.24) is 0 Å². The summed E-state index contributed by atoms with van der Waals surface area (Å²) in [6, 6.07) is 6.67. The molecule has 0 aliphatic carbocycles. The zero-order chi connectivity index (χ0) is 11.3. The standard InChI is InChI=1S/C10H12ClNO2S/c1-8(5-6-11)15-10-4-2-3-9(7-10)12(13)14/h2-4,7-8H,5-6H2,1H3. The lowest BCUT2D eigenvalue weighted by Crippen LogP contribution is -1.96. The molecule has 0 spiro atoms. The predicted molar refractivity (Wildman–Crippen MR) is 63.8 cm³/mol. The van der Waals surface area contributed by atoms with Crippen LogP contribution in [0.4, 0.5) is 5.69 Å². The average molecular weight is 246 g/mol. The third kappa shape index (κ3) is 4.10. The molecule has 0 aliphatic rings. The largest absolute Gasteiger partial charge is 0.270 e. The summed E-state index contributed by atoms with van der Waals surface area (Å²) in [5.74, 6) is 0.614. The van der Waals surface area contributed by atoms with Gasteiger partial charge in [-0.05, 0) is 12.5 Å². The Balaban J connectivity index is 2.69. The molecular formula is C10H12ClNO2S. The predicted octanol–water partition coefficient (Wildman–Crippen LogP) is 3.70. The topological polar surface area (TPSA) is 43.1 Å². The van der Waals surface area contributed by atoms with Crippen LogP contribution in [0, 0.1) is 10.1 Å². The van der Waals surface area contributed by atoms with E-state index in [1.165, 1.54) is 6.07 Å². The Kier molecular flexibility index (Phi) is 4.91. The molecule has 5 heteroatoms. The van der Waals surface area contributed by atoms with Gasteiger partial charge in [-0.25, -0.2) is 0 Å². The first-order valence-electron chi connectivity index (χ1n) is 4.60. The van der Waals surface area contributed by atoms with Crippen molar-refractivity contribution in [3.05, 3.63) is 34.4 Å². The molecule has 1 rings (SSSR count). The Morgan fingerprint density at radius 1 is 1.60 bits per heavy atom. The van der Waals surface area contributed by atoms with Crippen LogP contribution in [0.15, 0.2) is 29.2 Å². The molecule has 0 saturated carbocycles. The number of nitro groups is 1. The van der Waals surface area contributed by atoms with E-state index in [0.717, 1.165) is 11.3 Å². The molecule has 0 saturated heterocycles. The highest BCUT2D eigenvalue weighted by Crippen LogP contribution is 2.27. The van der Waals surface area contributed by atoms with Gasteiger partial charge in [0.05, 0.1) is 4.92 Å². The van der Waals surface area contributed by atoms with Gasteiger partial charge in [0.2, 0.25) is 0 Å². The fourth-order valence-corrected chi connectivity index (χ4v) is 2.62. The molecular weight excluding hydrogens is 234 g/mol. The second-order valence-corrected chi connectivity index (χ2v) is 5.05. The van der Waals surface area contributed by atoms with E-state index in [4.69, 9.17) is 11.6 Å². The minimum atomic E-state index is -0.379. The summed E-state index contributed by atoms with van der Waals surface area (Å²) in [6.45, 7) is 2.06. The Morgan fingerprint density at radius 2 is 2.33 bits per heavy atom. The Hall–Kier alpha value is -0.740. The third-order valence-corrected chi connectivity index (χ3v) is 3.26. The summed E-state index contributed by atoms with van der Waals surface area (Å²) in [4.78, 5) is 11.1. The summed E-state index contributed by atoms with van der Waals surface area (Å²) in [5.41, 5.74) is 0.137. The van der Waals surface area contributed by atoms with Crippen molar-refractivity contribution in [3.8, 4) is 0 Å². The van der Waals surface area contributed by atoms with E-state index in [1.54, 1.807) is 23.9 Å². The molecule has 0 aliphatic heterocycles. The van der Waals surface area contributed by atoms with E-state index in [2.05, 4.69) is 6.92 Å². The summed E-state index contributed by atoms with van der Waals surface area (Å²) >= 11 is 7.23. The molecule has 0 fully saturated rings. The van der Waals surface area contributed by atoms with Crippen LogP contribution in [-0.4, -0.2) is 16.1 Å². The average Bonchev–Trinajstić information content (AvgIpc) is 2.18. The van der Waals surface area contributed by atoms with Gasteiger partial charge in [0.1, 0.15) is 0 Å². The number of non-ortho nitro benzene ring substituents is 1. The number of benzene rings is 1. The van der Waals surface area contributed by atoms with Crippen LogP contribution in [0.3, 0.4) is 0 Å². The molecule has 0 bridgehead atoms. The maximum atomic E-state index is 10.5. The molecule has 82 valence electrons. The fourth-order valence-electron chi connectivity index (χ4n) is 1.12. The summed E-state index contributed by atoms with van der Waals surface area (Å²) in [6.07, 6.45) is 0.898. The minimum absolute atomic E-state index is 0.137. The van der Waals surface area contributed by atoms with Gasteiger partial charge >= 0.3 is 0 Å². The van der Waals surface area contributed by atoms with Crippen LogP contribution < -0.4 is 0 Å². The van der Waals surface area contributed by atoms with E-state index in [-0.39, 0.29) is 10.6 Å². The molecule has 0 aromatic heterocycles. The molecule has 0 heterocycles. The van der Waals surface area contributed by atoms with E-state index >= 15 is 0 Å². The summed E-state index contributed by atoms with van der Waals surface area (Å²) in [5, 5.41) is 10.9. The highest BCUT2D eigenvalue weighted by Gasteiger charge is 2.08. The van der Waals surface area contributed by atoms with Crippen LogP contribution in [0.5, 0.6) is 0 Å². The number of halogens is 1. The van der Waals surface area contributed by atoms with Crippen LogP contribution in [0.25, 0.3) is 0 Å². The van der Waals surface area contributed by atoms with E-state index < -0.39 is 0 Å². The number of rotatable bonds is 5. The number of alkyl halides is 1. The van der Waals surface area contributed by atoms with Gasteiger partial charge in [0.25, 0.3) is 5.69 Å². The van der Waals surface area contributed by atoms with Crippen LogP contribution >= 0.6 is 23.4 Å². The van der Waals surface area contributed by atoms with Crippen molar-refractivity contribution in [2.24, 2.45) is 0 Å². The minimum Gasteiger partial charge on any atom is -0.258 e. The Bertz CT molecular complexity index is 346. The van der Waals surface area contributed by atoms with Gasteiger partial charge in [0, 0.05) is 28.2 Å². The Morgan fingerprint density at radius 3 is 2.93 bits per heavy atom. The zero-order valence-corrected chi connectivity index (χ0v) is 9.92. The first-order valence-corrected chi connectivity index (χ1v) is 6.02. The monoisotopic (exact) mass is 245 g/mol. The van der Waals surface area contributed by atoms with Crippen molar-refractivity contribution in [2.45, 2.75) is 23.5 Å². The molecule has 1 aromatic carbocycles. The Labute approximate surface area is 98.0 Å². The van der Waals surface area contributed by atoms with E-state index in [1.807, 2.05) is 6.07 Å². The lowest BCUT2D eigenvalue weighted by Gasteiger charge is -2.08. The molecule has 1 unspecified atom stereocenters. The number of hydrogen-bond donors (Lipinski definition) is 0. The SMILES string of the molecule is CC(CCCl)Sc1cccc([N+](=O)[O-])c1. The van der Waals surface area contributed by atoms with Crippen LogP contribution in [0.1, 0.15) is 13.3 Å². The maximum absolute atomic E-state index is 10.5. The van der Waals surface area contributed by atoms with Gasteiger partial charge in [-0.2, -0.15) is 0 Å². The van der Waals surface area contributed by atoms with E-state index in [0.29, 0.717) is 11.1 Å². The number of thioether (sulfide) groups is 1. The van der Waals surface area contributed by atoms with Gasteiger partial charge < -0.3 is 0 Å². The molecule has 0 amide bonds.